The molecular weight excluding hydrogens is 430 g/mol. The Balaban J connectivity index is 1.38. The molecule has 0 radical (unpaired) electrons. The highest BCUT2D eigenvalue weighted by atomic mass is 16.5. The molecule has 178 valence electrons. The van der Waals surface area contributed by atoms with E-state index in [-0.39, 0.29) is 17.9 Å². The van der Waals surface area contributed by atoms with E-state index in [0.29, 0.717) is 30.4 Å². The van der Waals surface area contributed by atoms with Crippen molar-refractivity contribution in [3.8, 4) is 0 Å². The number of aliphatic hydroxyl groups excluding tert-OH is 1. The summed E-state index contributed by atoms with van der Waals surface area (Å²) in [6.07, 6.45) is 4.80. The van der Waals surface area contributed by atoms with Crippen LogP contribution >= 0.6 is 0 Å². The lowest BCUT2D eigenvalue weighted by atomic mass is 9.91. The zero-order valence-electron chi connectivity index (χ0n) is 19.4. The summed E-state index contributed by atoms with van der Waals surface area (Å²) < 4.78 is 5.49. The minimum atomic E-state index is -0.538. The number of aromatic nitrogens is 2. The number of rotatable bonds is 4. The molecule has 3 aromatic rings. The van der Waals surface area contributed by atoms with Gasteiger partial charge in [0.15, 0.2) is 0 Å². The van der Waals surface area contributed by atoms with E-state index in [9.17, 15) is 9.90 Å². The second-order valence-electron chi connectivity index (χ2n) is 9.42. The predicted molar refractivity (Wildman–Crippen MR) is 132 cm³/mol. The van der Waals surface area contributed by atoms with Crippen LogP contribution in [-0.4, -0.2) is 59.4 Å². The highest BCUT2D eigenvalue weighted by molar-refractivity contribution is 6.05. The number of amides is 1. The first-order valence-electron chi connectivity index (χ1n) is 11.9. The molecule has 2 fully saturated rings. The summed E-state index contributed by atoms with van der Waals surface area (Å²) in [5.74, 6) is 0.196. The van der Waals surface area contributed by atoms with E-state index >= 15 is 0 Å². The van der Waals surface area contributed by atoms with Crippen LogP contribution in [0, 0.1) is 5.92 Å². The number of nitrogens with zero attached hydrogens (tertiary/aromatic N) is 3. The Kier molecular flexibility index (Phi) is 6.45. The van der Waals surface area contributed by atoms with Gasteiger partial charge in [0.1, 0.15) is 5.69 Å². The van der Waals surface area contributed by atoms with Gasteiger partial charge in [-0.3, -0.25) is 9.78 Å². The minimum absolute atomic E-state index is 0.0209. The highest BCUT2D eigenvalue weighted by Gasteiger charge is 2.32. The zero-order chi connectivity index (χ0) is 23.7. The van der Waals surface area contributed by atoms with E-state index in [1.165, 1.54) is 5.56 Å². The smallest absolute Gasteiger partial charge is 0.274 e. The lowest BCUT2D eigenvalue weighted by Gasteiger charge is -2.40. The summed E-state index contributed by atoms with van der Waals surface area (Å²) in [7, 11) is 0. The molecule has 0 bridgehead atoms. The third-order valence-electron chi connectivity index (χ3n) is 6.99. The lowest BCUT2D eigenvalue weighted by molar-refractivity contribution is 0.0785. The number of aliphatic hydroxyl groups is 1. The summed E-state index contributed by atoms with van der Waals surface area (Å²) >= 11 is 0. The van der Waals surface area contributed by atoms with Crippen molar-refractivity contribution >= 4 is 28.2 Å². The number of fused-ring (bicyclic) bond motifs is 1. The zero-order valence-corrected chi connectivity index (χ0v) is 19.4. The van der Waals surface area contributed by atoms with Crippen LogP contribution in [0.5, 0.6) is 0 Å². The van der Waals surface area contributed by atoms with Crippen LogP contribution in [0.1, 0.15) is 41.7 Å². The monoisotopic (exact) mass is 461 g/mol. The molecule has 2 aromatic heterocycles. The van der Waals surface area contributed by atoms with Gasteiger partial charge in [-0.2, -0.15) is 0 Å². The Hall–Kier alpha value is -3.07. The first-order valence-corrected chi connectivity index (χ1v) is 11.9. The number of nitrogens with two attached hydrogens (primary N) is 1. The predicted octanol–water partition coefficient (Wildman–Crippen LogP) is 2.92. The maximum absolute atomic E-state index is 13.2. The van der Waals surface area contributed by atoms with Gasteiger partial charge in [-0.1, -0.05) is 25.1 Å². The van der Waals surface area contributed by atoms with Crippen molar-refractivity contribution in [2.45, 2.75) is 37.8 Å². The molecule has 2 saturated heterocycles. The van der Waals surface area contributed by atoms with Gasteiger partial charge in [0.2, 0.25) is 0 Å². The molecule has 0 unspecified atom stereocenters. The van der Waals surface area contributed by atoms with Crippen LogP contribution in [0.2, 0.25) is 0 Å². The fourth-order valence-corrected chi connectivity index (χ4v) is 5.00. The summed E-state index contributed by atoms with van der Waals surface area (Å²) in [5.41, 5.74) is 9.99. The highest BCUT2D eigenvalue weighted by Crippen LogP contribution is 2.31. The van der Waals surface area contributed by atoms with E-state index < -0.39 is 6.10 Å². The molecule has 0 spiro atoms. The second kappa shape index (κ2) is 9.66. The van der Waals surface area contributed by atoms with Gasteiger partial charge in [-0.25, -0.2) is 4.98 Å². The number of ether oxygens (including phenoxy) is 1. The summed E-state index contributed by atoms with van der Waals surface area (Å²) in [5, 5.41) is 14.2. The van der Waals surface area contributed by atoms with Gasteiger partial charge in [-0.15, -0.1) is 0 Å². The van der Waals surface area contributed by atoms with E-state index in [1.54, 1.807) is 18.5 Å². The van der Waals surface area contributed by atoms with E-state index in [4.69, 9.17) is 10.5 Å². The maximum Gasteiger partial charge on any atom is 0.274 e. The molecule has 4 N–H and O–H groups in total. The molecule has 3 atom stereocenters. The minimum Gasteiger partial charge on any atom is -0.391 e. The van der Waals surface area contributed by atoms with Crippen molar-refractivity contribution in [2.24, 2.45) is 11.7 Å². The molecule has 8 nitrogen and oxygen atoms in total. The Morgan fingerprint density at radius 2 is 1.97 bits per heavy atom. The molecule has 5 rings (SSSR count). The molecular formula is C26H31N5O3. The van der Waals surface area contributed by atoms with Crippen LogP contribution in [-0.2, 0) is 4.74 Å². The number of hydrogen-bond acceptors (Lipinski definition) is 7. The average molecular weight is 462 g/mol. The number of nitrogens with one attached hydrogen (secondary N) is 1. The van der Waals surface area contributed by atoms with Crippen LogP contribution in [0.15, 0.2) is 48.8 Å². The Labute approximate surface area is 199 Å². The van der Waals surface area contributed by atoms with Gasteiger partial charge in [0.25, 0.3) is 5.91 Å². The molecule has 8 heteroatoms. The standard InChI is InChI=1S/C26H31N5O3/c1-16-14-31(15-20(27)25(16)32)24-6-9-28-13-23(24)30-26(33)21-5-4-18-2-3-19(12-22(18)29-21)17-7-10-34-11-8-17/h2-6,9,12-13,16-17,20,25,32H,7-8,10-11,14-15,27H2,1H3,(H,30,33)/t16-,20+,25+/m0/s1. The van der Waals surface area contributed by atoms with E-state index in [0.717, 1.165) is 42.6 Å². The number of pyridine rings is 2. The fourth-order valence-electron chi connectivity index (χ4n) is 5.00. The number of piperidine rings is 1. The molecule has 0 saturated carbocycles. The van der Waals surface area contributed by atoms with Crippen LogP contribution in [0.3, 0.4) is 0 Å². The molecule has 4 heterocycles. The second-order valence-corrected chi connectivity index (χ2v) is 9.42. The fraction of sp³-hybridized carbons (Fsp3) is 0.423. The Bertz CT molecular complexity index is 1170. The van der Waals surface area contributed by atoms with E-state index in [2.05, 4.69) is 38.4 Å². The number of anilines is 2. The van der Waals surface area contributed by atoms with Gasteiger partial charge in [0, 0.05) is 49.8 Å². The quantitative estimate of drug-likeness (QED) is 0.547. The normalized spacial score (nSPS) is 23.7. The van der Waals surface area contributed by atoms with Crippen molar-refractivity contribution < 1.29 is 14.6 Å². The van der Waals surface area contributed by atoms with Crippen molar-refractivity contribution in [3.05, 3.63) is 60.0 Å². The van der Waals surface area contributed by atoms with Crippen molar-refractivity contribution in [1.29, 1.82) is 0 Å². The third kappa shape index (κ3) is 4.61. The van der Waals surface area contributed by atoms with Crippen molar-refractivity contribution in [3.63, 3.8) is 0 Å². The number of benzene rings is 1. The molecule has 1 amide bonds. The molecule has 2 aliphatic heterocycles. The first kappa shape index (κ1) is 22.7. The van der Waals surface area contributed by atoms with Crippen molar-refractivity contribution in [1.82, 2.24) is 9.97 Å². The molecule has 0 aliphatic carbocycles. The number of carbonyl (C=O) groups excluding carboxylic acids is 1. The molecule has 1 aromatic carbocycles. The van der Waals surface area contributed by atoms with Crippen molar-refractivity contribution in [2.75, 3.05) is 36.5 Å². The third-order valence-corrected chi connectivity index (χ3v) is 6.99. The summed E-state index contributed by atoms with van der Waals surface area (Å²) in [6, 6.07) is 11.5. The average Bonchev–Trinajstić information content (AvgIpc) is 2.87. The topological polar surface area (TPSA) is 114 Å². The van der Waals surface area contributed by atoms with Crippen LogP contribution in [0.4, 0.5) is 11.4 Å². The SMILES string of the molecule is C[C@H]1CN(c2ccncc2NC(=O)c2ccc3ccc(C4CCOCC4)cc3n2)C[C@@H](N)[C@@H]1O. The largest absolute Gasteiger partial charge is 0.391 e. The van der Waals surface area contributed by atoms with Gasteiger partial charge in [-0.05, 0) is 42.5 Å². The van der Waals surface area contributed by atoms with Gasteiger partial charge in [0.05, 0.1) is 29.2 Å². The van der Waals surface area contributed by atoms with Crippen LogP contribution < -0.4 is 16.0 Å². The van der Waals surface area contributed by atoms with E-state index in [1.807, 2.05) is 19.1 Å². The molecule has 34 heavy (non-hydrogen) atoms. The Morgan fingerprint density at radius 1 is 1.18 bits per heavy atom. The number of carbonyl (C=O) groups is 1. The van der Waals surface area contributed by atoms with Gasteiger partial charge < -0.3 is 25.8 Å². The molecule has 2 aliphatic rings. The Morgan fingerprint density at radius 3 is 2.76 bits per heavy atom. The maximum atomic E-state index is 13.2. The van der Waals surface area contributed by atoms with Crippen LogP contribution in [0.25, 0.3) is 10.9 Å². The number of hydrogen-bond donors (Lipinski definition) is 3. The summed E-state index contributed by atoms with van der Waals surface area (Å²) in [6.45, 7) is 4.69. The summed E-state index contributed by atoms with van der Waals surface area (Å²) in [4.78, 5) is 24.1. The van der Waals surface area contributed by atoms with Gasteiger partial charge >= 0.3 is 0 Å². The first-order chi connectivity index (χ1) is 16.5. The lowest BCUT2D eigenvalue weighted by Crippen LogP contribution is -2.55.